The Kier molecular flexibility index (Phi) is 7.97. The number of hydrogen-bond acceptors (Lipinski definition) is 5. The number of carbonyl (C=O) groups excluding carboxylic acids is 1. The minimum Gasteiger partial charge on any atom is -0.487 e. The highest BCUT2D eigenvalue weighted by Crippen LogP contribution is 2.37. The van der Waals surface area contributed by atoms with E-state index in [0.717, 1.165) is 19.7 Å². The van der Waals surface area contributed by atoms with Gasteiger partial charge < -0.3 is 4.74 Å². The first-order valence-corrected chi connectivity index (χ1v) is 16.9. The van der Waals surface area contributed by atoms with E-state index >= 15 is 0 Å². The molecule has 3 rings (SSSR count). The maximum atomic E-state index is 13.4. The molecule has 1 fully saturated rings. The van der Waals surface area contributed by atoms with Gasteiger partial charge in [-0.1, -0.05) is 69.9 Å². The van der Waals surface area contributed by atoms with Crippen molar-refractivity contribution in [2.45, 2.75) is 59.0 Å². The number of nitrogens with zero attached hydrogens (tertiary/aromatic N) is 3. The summed E-state index contributed by atoms with van der Waals surface area (Å²) in [5.41, 5.74) is 2.00. The van der Waals surface area contributed by atoms with E-state index < -0.39 is 24.2 Å². The van der Waals surface area contributed by atoms with Gasteiger partial charge in [0, 0.05) is 21.0 Å². The lowest BCUT2D eigenvalue weighted by atomic mass is 9.83. The molecule has 1 aliphatic heterocycles. The molecule has 0 aliphatic carbocycles. The fourth-order valence-corrected chi connectivity index (χ4v) is 6.58. The van der Waals surface area contributed by atoms with Crippen molar-refractivity contribution in [3.63, 3.8) is 0 Å². The maximum absolute atomic E-state index is 13.4. The van der Waals surface area contributed by atoms with Crippen LogP contribution in [-0.4, -0.2) is 39.8 Å². The third-order valence-corrected chi connectivity index (χ3v) is 9.50. The summed E-state index contributed by atoms with van der Waals surface area (Å²) < 4.78 is 35.1. The van der Waals surface area contributed by atoms with Crippen LogP contribution in [0.15, 0.2) is 48.5 Å². The SMILES string of the molecule is CC(C)(CC#N)Cc1ccc(N2CC(=O)N(CC[Si](C)(C)C)S2(=O)=O)c(OCc2ccccc2)c1. The Morgan fingerprint density at radius 1 is 1.09 bits per heavy atom. The minimum absolute atomic E-state index is 0.202. The second-order valence-electron chi connectivity index (χ2n) is 11.0. The van der Waals surface area contributed by atoms with Crippen molar-refractivity contribution < 1.29 is 17.9 Å². The molecule has 2 aromatic rings. The van der Waals surface area contributed by atoms with Crippen LogP contribution < -0.4 is 9.04 Å². The van der Waals surface area contributed by atoms with E-state index in [1.54, 1.807) is 6.07 Å². The zero-order valence-electron chi connectivity index (χ0n) is 21.2. The first-order valence-electron chi connectivity index (χ1n) is 11.8. The van der Waals surface area contributed by atoms with E-state index in [2.05, 4.69) is 25.7 Å². The van der Waals surface area contributed by atoms with Crippen LogP contribution in [0.25, 0.3) is 0 Å². The molecule has 1 saturated heterocycles. The maximum Gasteiger partial charge on any atom is 0.329 e. The van der Waals surface area contributed by atoms with Gasteiger partial charge in [0.1, 0.15) is 18.9 Å². The van der Waals surface area contributed by atoms with Crippen LogP contribution in [0.2, 0.25) is 25.7 Å². The lowest BCUT2D eigenvalue weighted by molar-refractivity contribution is -0.123. The number of nitriles is 1. The molecule has 0 N–H and O–H groups in total. The number of carbonyl (C=O) groups is 1. The Labute approximate surface area is 210 Å². The lowest BCUT2D eigenvalue weighted by Crippen LogP contribution is -2.37. The van der Waals surface area contributed by atoms with Gasteiger partial charge in [0.15, 0.2) is 0 Å². The summed E-state index contributed by atoms with van der Waals surface area (Å²) in [7, 11) is -5.54. The van der Waals surface area contributed by atoms with Crippen LogP contribution >= 0.6 is 0 Å². The van der Waals surface area contributed by atoms with Gasteiger partial charge in [0.05, 0.1) is 11.8 Å². The number of ether oxygens (including phenoxy) is 1. The summed E-state index contributed by atoms with van der Waals surface area (Å²) in [5, 5.41) is 9.15. The summed E-state index contributed by atoms with van der Waals surface area (Å²) in [6, 6.07) is 18.0. The molecule has 0 bridgehead atoms. The van der Waals surface area contributed by atoms with Crippen LogP contribution in [0, 0.1) is 16.7 Å². The second-order valence-corrected chi connectivity index (χ2v) is 18.4. The van der Waals surface area contributed by atoms with Gasteiger partial charge in [-0.15, -0.1) is 0 Å². The average Bonchev–Trinajstić information content (AvgIpc) is 2.98. The molecule has 0 unspecified atom stereocenters. The van der Waals surface area contributed by atoms with Crippen LogP contribution in [0.5, 0.6) is 5.75 Å². The Morgan fingerprint density at radius 2 is 1.77 bits per heavy atom. The standard InChI is InChI=1S/C26H35N3O4SSi/c1-26(2,13-14-27)18-22-11-12-23(24(17-22)33-20-21-9-7-6-8-10-21)29-19-25(30)28(34(29,31)32)15-16-35(3,4)5/h6-12,17H,13,15-16,18-20H2,1-5H3. The van der Waals surface area contributed by atoms with Crippen LogP contribution in [-0.2, 0) is 28.0 Å². The highest BCUT2D eigenvalue weighted by molar-refractivity contribution is 7.91. The summed E-state index contributed by atoms with van der Waals surface area (Å²) in [6.07, 6.45) is 1.03. The second kappa shape index (κ2) is 10.4. The molecule has 0 spiro atoms. The smallest absolute Gasteiger partial charge is 0.329 e. The van der Waals surface area contributed by atoms with Crippen molar-refractivity contribution in [3.8, 4) is 11.8 Å². The van der Waals surface area contributed by atoms with Crippen molar-refractivity contribution >= 4 is 29.9 Å². The molecular formula is C26H35N3O4SSi. The monoisotopic (exact) mass is 513 g/mol. The number of hydrogen-bond donors (Lipinski definition) is 0. The molecule has 0 saturated carbocycles. The number of benzene rings is 2. The average molecular weight is 514 g/mol. The van der Waals surface area contributed by atoms with E-state index in [0.29, 0.717) is 30.3 Å². The van der Waals surface area contributed by atoms with Gasteiger partial charge in [-0.05, 0) is 41.1 Å². The summed E-state index contributed by atoms with van der Waals surface area (Å²) in [4.78, 5) is 12.8. The van der Waals surface area contributed by atoms with Crippen LogP contribution in [0.1, 0.15) is 31.4 Å². The zero-order chi connectivity index (χ0) is 25.9. The quantitative estimate of drug-likeness (QED) is 0.418. The molecule has 188 valence electrons. The van der Waals surface area contributed by atoms with Crippen molar-refractivity contribution in [1.82, 2.24) is 4.31 Å². The van der Waals surface area contributed by atoms with E-state index in [9.17, 15) is 13.2 Å². The van der Waals surface area contributed by atoms with Gasteiger partial charge in [0.2, 0.25) is 0 Å². The van der Waals surface area contributed by atoms with Crippen LogP contribution in [0.3, 0.4) is 0 Å². The molecule has 0 radical (unpaired) electrons. The molecule has 0 aromatic heterocycles. The molecule has 0 atom stereocenters. The molecule has 35 heavy (non-hydrogen) atoms. The normalized spacial score (nSPS) is 15.8. The first-order chi connectivity index (χ1) is 16.3. The summed E-state index contributed by atoms with van der Waals surface area (Å²) >= 11 is 0. The molecule has 1 heterocycles. The molecular weight excluding hydrogens is 478 g/mol. The van der Waals surface area contributed by atoms with E-state index in [1.807, 2.05) is 56.3 Å². The molecule has 2 aromatic carbocycles. The Hall–Kier alpha value is -2.83. The van der Waals surface area contributed by atoms with Crippen molar-refractivity contribution in [1.29, 1.82) is 5.26 Å². The van der Waals surface area contributed by atoms with Crippen LogP contribution in [0.4, 0.5) is 5.69 Å². The van der Waals surface area contributed by atoms with Gasteiger partial charge in [-0.3, -0.25) is 4.79 Å². The van der Waals surface area contributed by atoms with E-state index in [4.69, 9.17) is 10.00 Å². The predicted octanol–water partition coefficient (Wildman–Crippen LogP) is 4.98. The summed E-state index contributed by atoms with van der Waals surface area (Å²) in [5.74, 6) is -0.0148. The zero-order valence-corrected chi connectivity index (χ0v) is 23.1. The molecule has 9 heteroatoms. The van der Waals surface area contributed by atoms with Crippen molar-refractivity contribution in [2.24, 2.45) is 5.41 Å². The molecule has 1 aliphatic rings. The van der Waals surface area contributed by atoms with E-state index in [1.165, 1.54) is 0 Å². The lowest BCUT2D eigenvalue weighted by Gasteiger charge is -2.25. The Bertz CT molecular complexity index is 1200. The van der Waals surface area contributed by atoms with Crippen molar-refractivity contribution in [3.05, 3.63) is 59.7 Å². The first kappa shape index (κ1) is 26.8. The highest BCUT2D eigenvalue weighted by Gasteiger charge is 2.44. The topological polar surface area (TPSA) is 90.7 Å². The molecule has 7 nitrogen and oxygen atoms in total. The molecule has 1 amide bonds. The predicted molar refractivity (Wildman–Crippen MR) is 141 cm³/mol. The fraction of sp³-hybridized carbons (Fsp3) is 0.462. The third-order valence-electron chi connectivity index (χ3n) is 5.95. The van der Waals surface area contributed by atoms with Gasteiger partial charge >= 0.3 is 10.2 Å². The highest BCUT2D eigenvalue weighted by atomic mass is 32.2. The van der Waals surface area contributed by atoms with Gasteiger partial charge in [-0.2, -0.15) is 13.7 Å². The summed E-state index contributed by atoms with van der Waals surface area (Å²) in [6.45, 7) is 10.7. The number of amides is 1. The third kappa shape index (κ3) is 6.86. The Morgan fingerprint density at radius 3 is 2.40 bits per heavy atom. The Balaban J connectivity index is 1.95. The fourth-order valence-electron chi connectivity index (χ4n) is 3.97. The van der Waals surface area contributed by atoms with Crippen molar-refractivity contribution in [2.75, 3.05) is 17.4 Å². The van der Waals surface area contributed by atoms with E-state index in [-0.39, 0.29) is 25.1 Å². The number of anilines is 1. The minimum atomic E-state index is -4.00. The van der Waals surface area contributed by atoms with Gasteiger partial charge in [0.25, 0.3) is 5.91 Å². The number of rotatable bonds is 10. The van der Waals surface area contributed by atoms with Gasteiger partial charge in [-0.25, -0.2) is 8.61 Å². The largest absolute Gasteiger partial charge is 0.487 e.